The first-order valence-corrected chi connectivity index (χ1v) is 9.30. The average Bonchev–Trinajstić information content (AvgIpc) is 2.97. The van der Waals surface area contributed by atoms with Crippen LogP contribution in [-0.2, 0) is 4.79 Å². The number of piperidine rings is 1. The minimum atomic E-state index is -0.158. The number of rotatable bonds is 5. The fraction of sp³-hybridized carbons (Fsp3) is 0.875. The molecular formula is C16H29N3OS. The third-order valence-corrected chi connectivity index (χ3v) is 5.94. The lowest BCUT2D eigenvalue weighted by molar-refractivity contribution is -0.133. The van der Waals surface area contributed by atoms with Gasteiger partial charge in [-0.15, -0.1) is 0 Å². The Balaban J connectivity index is 1.80. The number of amidine groups is 1. The van der Waals surface area contributed by atoms with E-state index in [1.54, 1.807) is 0 Å². The first kappa shape index (κ1) is 16.7. The summed E-state index contributed by atoms with van der Waals surface area (Å²) in [6.07, 6.45) is 5.96. The van der Waals surface area contributed by atoms with Crippen LogP contribution in [0, 0.1) is 5.92 Å². The predicted octanol–water partition coefficient (Wildman–Crippen LogP) is 2.88. The Morgan fingerprint density at radius 2 is 2.00 bits per heavy atom. The van der Waals surface area contributed by atoms with Gasteiger partial charge in [0.25, 0.3) is 0 Å². The average molecular weight is 311 g/mol. The highest BCUT2D eigenvalue weighted by molar-refractivity contribution is 8.14. The molecule has 1 N–H and O–H groups in total. The molecule has 2 atom stereocenters. The summed E-state index contributed by atoms with van der Waals surface area (Å²) >= 11 is 1.83. The molecule has 5 heteroatoms. The topological polar surface area (TPSA) is 44.7 Å². The maximum absolute atomic E-state index is 12.4. The first-order chi connectivity index (χ1) is 10.2. The molecule has 0 aliphatic carbocycles. The van der Waals surface area contributed by atoms with E-state index in [0.717, 1.165) is 43.6 Å². The monoisotopic (exact) mass is 311 g/mol. The molecule has 0 radical (unpaired) electrons. The molecule has 2 unspecified atom stereocenters. The van der Waals surface area contributed by atoms with Crippen LogP contribution in [0.5, 0.6) is 0 Å². The van der Waals surface area contributed by atoms with Crippen LogP contribution in [0.2, 0.25) is 0 Å². The van der Waals surface area contributed by atoms with E-state index in [1.165, 1.54) is 19.3 Å². The van der Waals surface area contributed by atoms with Gasteiger partial charge in [-0.05, 0) is 32.1 Å². The molecule has 0 bridgehead atoms. The molecule has 1 saturated heterocycles. The van der Waals surface area contributed by atoms with Crippen molar-refractivity contribution in [1.29, 1.82) is 0 Å². The van der Waals surface area contributed by atoms with Gasteiger partial charge in [-0.3, -0.25) is 9.79 Å². The van der Waals surface area contributed by atoms with Crippen molar-refractivity contribution in [3.63, 3.8) is 0 Å². The predicted molar refractivity (Wildman–Crippen MR) is 90.8 cm³/mol. The smallest absolute Gasteiger partial charge is 0.244 e. The van der Waals surface area contributed by atoms with Gasteiger partial charge in [0.1, 0.15) is 6.04 Å². The van der Waals surface area contributed by atoms with Crippen molar-refractivity contribution in [3.05, 3.63) is 0 Å². The van der Waals surface area contributed by atoms with Crippen molar-refractivity contribution in [2.24, 2.45) is 10.9 Å². The molecule has 120 valence electrons. The van der Waals surface area contributed by atoms with Crippen molar-refractivity contribution < 1.29 is 4.79 Å². The summed E-state index contributed by atoms with van der Waals surface area (Å²) in [5, 5.41) is 4.88. The standard InChI is InChI=1S/C16H29N3OS/c1-4-13(5-2)14-11-17-16(21-14)18-12(3)15(20)19-9-7-6-8-10-19/h12-14H,4-11H2,1-3H3,(H,17,18). The molecular weight excluding hydrogens is 282 g/mol. The number of nitrogens with zero attached hydrogens (tertiary/aromatic N) is 2. The van der Waals surface area contributed by atoms with Gasteiger partial charge < -0.3 is 10.2 Å². The Morgan fingerprint density at radius 1 is 1.33 bits per heavy atom. The Kier molecular flexibility index (Phi) is 6.40. The minimum Gasteiger partial charge on any atom is -0.353 e. The van der Waals surface area contributed by atoms with Gasteiger partial charge in [-0.25, -0.2) is 0 Å². The molecule has 2 aliphatic rings. The number of aliphatic imine (C=N–C) groups is 1. The van der Waals surface area contributed by atoms with E-state index in [9.17, 15) is 4.79 Å². The quantitative estimate of drug-likeness (QED) is 0.849. The molecule has 2 heterocycles. The van der Waals surface area contributed by atoms with E-state index in [4.69, 9.17) is 0 Å². The number of carbonyl (C=O) groups excluding carboxylic acids is 1. The molecule has 2 rings (SSSR count). The first-order valence-electron chi connectivity index (χ1n) is 8.42. The molecule has 0 saturated carbocycles. The van der Waals surface area contributed by atoms with Crippen LogP contribution in [0.4, 0.5) is 0 Å². The molecule has 1 fully saturated rings. The highest BCUT2D eigenvalue weighted by Crippen LogP contribution is 2.30. The summed E-state index contributed by atoms with van der Waals surface area (Å²) in [7, 11) is 0. The highest BCUT2D eigenvalue weighted by Gasteiger charge is 2.28. The zero-order valence-corrected chi connectivity index (χ0v) is 14.4. The molecule has 0 aromatic rings. The largest absolute Gasteiger partial charge is 0.353 e. The Labute approximate surface area is 133 Å². The van der Waals surface area contributed by atoms with Gasteiger partial charge in [-0.2, -0.15) is 0 Å². The summed E-state index contributed by atoms with van der Waals surface area (Å²) < 4.78 is 0. The van der Waals surface area contributed by atoms with Crippen LogP contribution in [0.15, 0.2) is 4.99 Å². The zero-order valence-electron chi connectivity index (χ0n) is 13.6. The molecule has 1 amide bonds. The van der Waals surface area contributed by atoms with E-state index >= 15 is 0 Å². The van der Waals surface area contributed by atoms with Crippen molar-refractivity contribution >= 4 is 22.8 Å². The Morgan fingerprint density at radius 3 is 2.62 bits per heavy atom. The van der Waals surface area contributed by atoms with Crippen molar-refractivity contribution in [1.82, 2.24) is 10.2 Å². The molecule has 0 aromatic carbocycles. The number of hydrogen-bond donors (Lipinski definition) is 1. The Bertz CT molecular complexity index is 376. The lowest BCUT2D eigenvalue weighted by Gasteiger charge is -2.29. The molecule has 0 aromatic heterocycles. The number of nitrogens with one attached hydrogen (secondary N) is 1. The van der Waals surface area contributed by atoms with Gasteiger partial charge in [0, 0.05) is 18.3 Å². The molecule has 4 nitrogen and oxygen atoms in total. The fourth-order valence-electron chi connectivity index (χ4n) is 3.17. The highest BCUT2D eigenvalue weighted by atomic mass is 32.2. The van der Waals surface area contributed by atoms with Crippen LogP contribution >= 0.6 is 11.8 Å². The third kappa shape index (κ3) is 4.38. The number of amides is 1. The van der Waals surface area contributed by atoms with Crippen molar-refractivity contribution in [2.75, 3.05) is 19.6 Å². The summed E-state index contributed by atoms with van der Waals surface area (Å²) in [5.41, 5.74) is 0. The number of carbonyl (C=O) groups is 1. The van der Waals surface area contributed by atoms with E-state index in [2.05, 4.69) is 24.2 Å². The normalized spacial score (nSPS) is 24.1. The molecule has 0 spiro atoms. The summed E-state index contributed by atoms with van der Waals surface area (Å²) in [5.74, 6) is 0.954. The minimum absolute atomic E-state index is 0.158. The second kappa shape index (κ2) is 8.06. The van der Waals surface area contributed by atoms with Crippen molar-refractivity contribution in [3.8, 4) is 0 Å². The van der Waals surface area contributed by atoms with Crippen LogP contribution in [0.1, 0.15) is 52.9 Å². The van der Waals surface area contributed by atoms with E-state index in [0.29, 0.717) is 5.25 Å². The second-order valence-corrected chi connectivity index (χ2v) is 7.36. The third-order valence-electron chi connectivity index (χ3n) is 4.63. The maximum Gasteiger partial charge on any atom is 0.244 e. The lowest BCUT2D eigenvalue weighted by atomic mass is 9.99. The van der Waals surface area contributed by atoms with Gasteiger partial charge >= 0.3 is 0 Å². The summed E-state index contributed by atoms with van der Waals surface area (Å²) in [6.45, 7) is 9.20. The van der Waals surface area contributed by atoms with E-state index < -0.39 is 0 Å². The van der Waals surface area contributed by atoms with Crippen LogP contribution in [0.25, 0.3) is 0 Å². The van der Waals surface area contributed by atoms with Crippen LogP contribution in [-0.4, -0.2) is 46.9 Å². The number of hydrogen-bond acceptors (Lipinski definition) is 4. The van der Waals surface area contributed by atoms with Crippen molar-refractivity contribution in [2.45, 2.75) is 64.2 Å². The summed E-state index contributed by atoms with van der Waals surface area (Å²) in [4.78, 5) is 19.0. The van der Waals surface area contributed by atoms with Gasteiger partial charge in [0.2, 0.25) is 5.91 Å². The molecule has 21 heavy (non-hydrogen) atoms. The Hall–Kier alpha value is -0.710. The van der Waals surface area contributed by atoms with E-state index in [-0.39, 0.29) is 11.9 Å². The van der Waals surface area contributed by atoms with Gasteiger partial charge in [0.05, 0.1) is 6.54 Å². The molecule has 2 aliphatic heterocycles. The van der Waals surface area contributed by atoms with Gasteiger partial charge in [0.15, 0.2) is 5.17 Å². The summed E-state index contributed by atoms with van der Waals surface area (Å²) in [6, 6.07) is -0.158. The fourth-order valence-corrected chi connectivity index (χ4v) is 4.57. The van der Waals surface area contributed by atoms with Gasteiger partial charge in [-0.1, -0.05) is 38.5 Å². The second-order valence-electron chi connectivity index (χ2n) is 6.13. The number of thioether (sulfide) groups is 1. The zero-order chi connectivity index (χ0) is 15.2. The lowest BCUT2D eigenvalue weighted by Crippen LogP contribution is -2.47. The number of likely N-dealkylation sites (tertiary alicyclic amines) is 1. The van der Waals surface area contributed by atoms with Crippen LogP contribution < -0.4 is 5.32 Å². The van der Waals surface area contributed by atoms with Crippen LogP contribution in [0.3, 0.4) is 0 Å². The maximum atomic E-state index is 12.4. The van der Waals surface area contributed by atoms with E-state index in [1.807, 2.05) is 23.6 Å². The SMILES string of the molecule is CCC(CC)C1CN=C(NC(C)C(=O)N2CCCCC2)S1.